The van der Waals surface area contributed by atoms with Crippen molar-refractivity contribution in [1.29, 1.82) is 0 Å². The summed E-state index contributed by atoms with van der Waals surface area (Å²) in [5.41, 5.74) is 13.5. The molecule has 0 fully saturated rings. The third-order valence-electron chi connectivity index (χ3n) is 1.21. The van der Waals surface area contributed by atoms with Crippen molar-refractivity contribution in [2.75, 3.05) is 0 Å². The summed E-state index contributed by atoms with van der Waals surface area (Å²) >= 11 is 0. The second kappa shape index (κ2) is 15.8. The van der Waals surface area contributed by atoms with Crippen LogP contribution in [0, 0.1) is 12.1 Å². The van der Waals surface area contributed by atoms with Crippen molar-refractivity contribution < 1.29 is 19.5 Å². The molecule has 0 aliphatic carbocycles. The number of rotatable bonds is 0. The van der Waals surface area contributed by atoms with Gasteiger partial charge < -0.3 is 11.1 Å². The van der Waals surface area contributed by atoms with E-state index in [1.807, 2.05) is 60.7 Å². The minimum atomic E-state index is 0. The Kier molecular flexibility index (Phi) is 16.6. The monoisotopic (exact) mass is 298 g/mol. The summed E-state index contributed by atoms with van der Waals surface area (Å²) in [6.45, 7) is 0. The standard InChI is InChI=1S/2C6H5.N3.Ru/c2*1-2-4-6-5-3-1;1-3-2;/h2*1-5H;;/q3*-1;+3. The van der Waals surface area contributed by atoms with E-state index in [-0.39, 0.29) is 19.5 Å². The van der Waals surface area contributed by atoms with Crippen LogP contribution in [-0.2, 0) is 19.5 Å². The Morgan fingerprint density at radius 2 is 0.875 bits per heavy atom. The zero-order chi connectivity index (χ0) is 11.2. The first kappa shape index (κ1) is 16.8. The fourth-order valence-electron chi connectivity index (χ4n) is 0.684. The fraction of sp³-hybridized carbons (Fsp3) is 0. The number of benzene rings is 2. The molecule has 0 saturated heterocycles. The van der Waals surface area contributed by atoms with Crippen LogP contribution in [0.4, 0.5) is 0 Å². The van der Waals surface area contributed by atoms with Crippen LogP contribution in [0.1, 0.15) is 0 Å². The van der Waals surface area contributed by atoms with Crippen molar-refractivity contribution in [2.45, 2.75) is 0 Å². The zero-order valence-corrected chi connectivity index (χ0v) is 10.2. The predicted molar refractivity (Wildman–Crippen MR) is 60.6 cm³/mol. The van der Waals surface area contributed by atoms with Crippen molar-refractivity contribution in [1.82, 2.24) is 0 Å². The quantitative estimate of drug-likeness (QED) is 0.233. The SMILES string of the molecule is [N-]=[N+]=[N-].[Ru+3].[c-]1ccccc1.[c-]1ccccc1. The van der Waals surface area contributed by atoms with Crippen molar-refractivity contribution in [2.24, 2.45) is 0 Å². The van der Waals surface area contributed by atoms with Gasteiger partial charge in [-0.15, -0.1) is 0 Å². The van der Waals surface area contributed by atoms with E-state index in [9.17, 15) is 0 Å². The topological polar surface area (TPSA) is 58.7 Å². The molecule has 2 aromatic rings. The van der Waals surface area contributed by atoms with Crippen LogP contribution in [-0.4, -0.2) is 0 Å². The molecule has 0 aliphatic heterocycles. The molecule has 2 rings (SSSR count). The van der Waals surface area contributed by atoms with Gasteiger partial charge >= 0.3 is 19.5 Å². The largest absolute Gasteiger partial charge is 3.00 e. The summed E-state index contributed by atoms with van der Waals surface area (Å²) in [5.74, 6) is 0. The molecule has 0 saturated carbocycles. The Morgan fingerprint density at radius 1 is 0.625 bits per heavy atom. The number of hydrogen-bond acceptors (Lipinski definition) is 0. The smallest absolute Gasteiger partial charge is 0.373 e. The third-order valence-corrected chi connectivity index (χ3v) is 1.21. The average molecular weight is 297 g/mol. The van der Waals surface area contributed by atoms with E-state index < -0.39 is 0 Å². The molecule has 0 aromatic heterocycles. The Morgan fingerprint density at radius 3 is 0.938 bits per heavy atom. The van der Waals surface area contributed by atoms with Gasteiger partial charge in [0.05, 0.1) is 0 Å². The summed E-state index contributed by atoms with van der Waals surface area (Å²) in [6.07, 6.45) is 0. The Labute approximate surface area is 108 Å². The molecule has 0 spiro atoms. The molecule has 0 atom stereocenters. The summed E-state index contributed by atoms with van der Waals surface area (Å²) in [4.78, 5) is 1.50. The maximum absolute atomic E-state index is 6.75. The molecule has 0 heterocycles. The Hall–Kier alpha value is -1.63. The summed E-state index contributed by atoms with van der Waals surface area (Å²) in [6, 6.07) is 25.0. The molecule has 81 valence electrons. The van der Waals surface area contributed by atoms with Gasteiger partial charge in [-0.1, -0.05) is 0 Å². The molecule has 4 heteroatoms. The molecule has 0 amide bonds. The van der Waals surface area contributed by atoms with Gasteiger partial charge in [-0.2, -0.15) is 72.8 Å². The van der Waals surface area contributed by atoms with E-state index in [4.69, 9.17) is 11.1 Å². The van der Waals surface area contributed by atoms with Crippen molar-refractivity contribution in [3.05, 3.63) is 88.8 Å². The van der Waals surface area contributed by atoms with Crippen LogP contribution >= 0.6 is 0 Å². The molecule has 0 aliphatic rings. The first-order chi connectivity index (χ1) is 7.41. The minimum absolute atomic E-state index is 0. The van der Waals surface area contributed by atoms with E-state index in [1.165, 1.54) is 4.91 Å². The molecule has 0 unspecified atom stereocenters. The molecule has 0 N–H and O–H groups in total. The Bertz CT molecular complexity index is 260. The first-order valence-corrected chi connectivity index (χ1v) is 4.22. The third kappa shape index (κ3) is 14.9. The second-order valence-corrected chi connectivity index (χ2v) is 2.24. The zero-order valence-electron chi connectivity index (χ0n) is 8.47. The maximum atomic E-state index is 6.75. The van der Waals surface area contributed by atoms with Gasteiger partial charge in [-0.05, 0) is 0 Å². The van der Waals surface area contributed by atoms with Crippen LogP contribution in [0.15, 0.2) is 60.7 Å². The second-order valence-electron chi connectivity index (χ2n) is 2.24. The maximum Gasteiger partial charge on any atom is 3.00 e. The minimum Gasteiger partial charge on any atom is -0.373 e. The fourth-order valence-corrected chi connectivity index (χ4v) is 0.684. The number of nitrogens with zero attached hydrogens (tertiary/aromatic N) is 3. The van der Waals surface area contributed by atoms with Gasteiger partial charge in [0.1, 0.15) is 0 Å². The summed E-state index contributed by atoms with van der Waals surface area (Å²) in [7, 11) is 0. The molecule has 0 bridgehead atoms. The van der Waals surface area contributed by atoms with Crippen LogP contribution in [0.2, 0.25) is 0 Å². The van der Waals surface area contributed by atoms with E-state index in [0.717, 1.165) is 0 Å². The van der Waals surface area contributed by atoms with Crippen LogP contribution in [0.3, 0.4) is 0 Å². The summed E-state index contributed by atoms with van der Waals surface area (Å²) < 4.78 is 0. The average Bonchev–Trinajstić information content (AvgIpc) is 2.35. The predicted octanol–water partition coefficient (Wildman–Crippen LogP) is 3.84. The Balaban J connectivity index is 0. The van der Waals surface area contributed by atoms with E-state index in [1.54, 1.807) is 0 Å². The molecule has 16 heavy (non-hydrogen) atoms. The van der Waals surface area contributed by atoms with Gasteiger partial charge in [0, 0.05) is 0 Å². The van der Waals surface area contributed by atoms with Crippen molar-refractivity contribution in [3.63, 3.8) is 0 Å². The van der Waals surface area contributed by atoms with Crippen molar-refractivity contribution in [3.8, 4) is 0 Å². The molecule has 1 radical (unpaired) electrons. The van der Waals surface area contributed by atoms with Crippen LogP contribution < -0.4 is 0 Å². The van der Waals surface area contributed by atoms with Crippen molar-refractivity contribution >= 4 is 0 Å². The molecule has 3 nitrogen and oxygen atoms in total. The first-order valence-electron chi connectivity index (χ1n) is 4.22. The molecular weight excluding hydrogens is 287 g/mol. The van der Waals surface area contributed by atoms with Gasteiger partial charge in [-0.3, -0.25) is 4.91 Å². The molecular formula is C12H10N3Ru. The van der Waals surface area contributed by atoms with Gasteiger partial charge in [-0.25, -0.2) is 0 Å². The van der Waals surface area contributed by atoms with Gasteiger partial charge in [0.25, 0.3) is 0 Å². The molecule has 2 aromatic carbocycles. The van der Waals surface area contributed by atoms with Gasteiger partial charge in [0.15, 0.2) is 0 Å². The van der Waals surface area contributed by atoms with Crippen LogP contribution in [0.25, 0.3) is 16.0 Å². The van der Waals surface area contributed by atoms with Gasteiger partial charge in [0.2, 0.25) is 0 Å². The normalized spacial score (nSPS) is 6.50. The number of hydrogen-bond donors (Lipinski definition) is 0. The van der Waals surface area contributed by atoms with Crippen LogP contribution in [0.5, 0.6) is 0 Å². The van der Waals surface area contributed by atoms with E-state index in [2.05, 4.69) is 12.1 Å². The summed E-state index contributed by atoms with van der Waals surface area (Å²) in [5, 5.41) is 0. The van der Waals surface area contributed by atoms with E-state index in [0.29, 0.717) is 0 Å². The van der Waals surface area contributed by atoms with E-state index >= 15 is 0 Å².